The van der Waals surface area contributed by atoms with Crippen LogP contribution in [0.1, 0.15) is 83.0 Å². The molecule has 53 heavy (non-hydrogen) atoms. The summed E-state index contributed by atoms with van der Waals surface area (Å²) in [6, 6.07) is 10.7. The van der Waals surface area contributed by atoms with E-state index in [0.29, 0.717) is 57.3 Å². The van der Waals surface area contributed by atoms with E-state index in [1.54, 1.807) is 24.3 Å². The molecule has 2 fully saturated rings. The molecule has 4 aromatic rings. The molecule has 2 amide bonds. The number of halogens is 2. The number of carboxylic acids is 1. The second-order valence-electron chi connectivity index (χ2n) is 15.4. The monoisotopic (exact) mass is 758 g/mol. The lowest BCUT2D eigenvalue weighted by atomic mass is 9.81. The summed E-state index contributed by atoms with van der Waals surface area (Å²) in [5, 5.41) is 16.4. The maximum absolute atomic E-state index is 13.7. The van der Waals surface area contributed by atoms with Crippen LogP contribution in [0.5, 0.6) is 0 Å². The van der Waals surface area contributed by atoms with Gasteiger partial charge in [0.2, 0.25) is 0 Å². The van der Waals surface area contributed by atoms with Gasteiger partial charge in [0, 0.05) is 82.2 Å². The van der Waals surface area contributed by atoms with Crippen LogP contribution in [-0.4, -0.2) is 78.0 Å². The van der Waals surface area contributed by atoms with Crippen molar-refractivity contribution in [2.24, 2.45) is 24.9 Å². The smallest absolute Gasteiger partial charge is 0.309 e. The van der Waals surface area contributed by atoms with Gasteiger partial charge in [-0.3, -0.25) is 24.2 Å². The average molecular weight is 760 g/mol. The third-order valence-corrected chi connectivity index (χ3v) is 13.1. The number of anilines is 2. The number of hydrogen-bond donors (Lipinski definition) is 3. The number of carbonyl (C=O) groups is 3. The lowest BCUT2D eigenvalue weighted by Gasteiger charge is -2.35. The van der Waals surface area contributed by atoms with Crippen LogP contribution in [0.3, 0.4) is 0 Å². The number of aliphatic carboxylic acids is 1. The van der Waals surface area contributed by atoms with Crippen molar-refractivity contribution >= 4 is 52.4 Å². The fourth-order valence-electron chi connectivity index (χ4n) is 9.31. The van der Waals surface area contributed by atoms with Gasteiger partial charge in [0.25, 0.3) is 11.8 Å². The van der Waals surface area contributed by atoms with Crippen LogP contribution >= 0.6 is 23.2 Å². The number of imidazole rings is 2. The molecule has 2 saturated carbocycles. The normalized spacial score (nSPS) is 22.4. The highest BCUT2D eigenvalue weighted by Gasteiger charge is 2.58. The molecule has 2 aromatic carbocycles. The van der Waals surface area contributed by atoms with E-state index in [1.165, 1.54) is 0 Å². The summed E-state index contributed by atoms with van der Waals surface area (Å²) < 4.78 is 3.73. The minimum atomic E-state index is -0.646. The fourth-order valence-corrected chi connectivity index (χ4v) is 9.86. The molecule has 4 aliphatic rings. The highest BCUT2D eigenvalue weighted by atomic mass is 35.5. The topological polar surface area (TPSA) is 138 Å². The van der Waals surface area contributed by atoms with Gasteiger partial charge >= 0.3 is 5.97 Å². The predicted molar refractivity (Wildman–Crippen MR) is 203 cm³/mol. The number of nitrogens with one attached hydrogen (secondary N) is 2. The van der Waals surface area contributed by atoms with Gasteiger partial charge in [-0.15, -0.1) is 0 Å². The molecule has 12 nitrogen and oxygen atoms in total. The lowest BCUT2D eigenvalue weighted by molar-refractivity contribution is -0.148. The minimum absolute atomic E-state index is 0.0518. The zero-order valence-corrected chi connectivity index (χ0v) is 31.8. The summed E-state index contributed by atoms with van der Waals surface area (Å²) in [5.74, 6) is -0.754. The second kappa shape index (κ2) is 13.6. The number of aromatic nitrogens is 4. The fraction of sp³-hybridized carbons (Fsp3) is 0.462. The molecule has 3 N–H and O–H groups in total. The molecule has 0 saturated heterocycles. The maximum atomic E-state index is 13.7. The van der Waals surface area contributed by atoms with E-state index in [1.807, 2.05) is 35.4 Å². The van der Waals surface area contributed by atoms with E-state index in [2.05, 4.69) is 32.3 Å². The first kappa shape index (κ1) is 35.8. The quantitative estimate of drug-likeness (QED) is 0.178. The Morgan fingerprint density at radius 3 is 1.74 bits per heavy atom. The Labute approximate surface area is 318 Å². The van der Waals surface area contributed by atoms with Crippen molar-refractivity contribution in [2.75, 3.05) is 36.8 Å². The number of likely N-dealkylation sites (N-methyl/N-ethyl adjacent to an activating group) is 1. The van der Waals surface area contributed by atoms with Crippen LogP contribution in [0.2, 0.25) is 10.0 Å². The van der Waals surface area contributed by atoms with Gasteiger partial charge in [0.15, 0.2) is 11.6 Å². The zero-order chi connectivity index (χ0) is 37.2. The van der Waals surface area contributed by atoms with Gasteiger partial charge in [0.1, 0.15) is 0 Å². The van der Waals surface area contributed by atoms with Gasteiger partial charge in [0.05, 0.1) is 38.2 Å². The summed E-state index contributed by atoms with van der Waals surface area (Å²) in [7, 11) is 3.73. The predicted octanol–water partition coefficient (Wildman–Crippen LogP) is 6.40. The van der Waals surface area contributed by atoms with Crippen molar-refractivity contribution in [3.63, 3.8) is 0 Å². The van der Waals surface area contributed by atoms with Crippen molar-refractivity contribution in [1.29, 1.82) is 0 Å². The number of carbonyl (C=O) groups excluding carboxylic acids is 2. The first-order chi connectivity index (χ1) is 25.4. The van der Waals surface area contributed by atoms with Gasteiger partial charge in [-0.05, 0) is 56.2 Å². The summed E-state index contributed by atoms with van der Waals surface area (Å²) in [5.41, 5.74) is 5.43. The Morgan fingerprint density at radius 2 is 1.26 bits per heavy atom. The molecule has 0 atom stereocenters. The number of fused-ring (bicyclic) bond motifs is 4. The van der Waals surface area contributed by atoms with Gasteiger partial charge < -0.3 is 24.9 Å². The molecule has 0 unspecified atom stereocenters. The van der Waals surface area contributed by atoms with E-state index < -0.39 is 11.4 Å². The average Bonchev–Trinajstić information content (AvgIpc) is 3.90. The first-order valence-corrected chi connectivity index (χ1v) is 19.1. The number of rotatable bonds is 9. The number of amides is 2. The molecule has 8 rings (SSSR count). The number of nitrogens with zero attached hydrogens (tertiary/aromatic N) is 6. The highest BCUT2D eigenvalue weighted by molar-refractivity contribution is 6.40. The molecule has 278 valence electrons. The van der Waals surface area contributed by atoms with Gasteiger partial charge in [-0.1, -0.05) is 54.4 Å². The standard InChI is InChI=1S/C39H44Cl2N8O4/c1-4-48-17-11-29-27(19-48)42-33(46(29)2)35(50)44-25-9-5-7-23(31(25)40)24-8-6-10-26(32(24)41)45-36(51)34-43-28-20-49(18-12-30(28)47(34)3)22-38-13-15-39(21-38,16-14-38)37(52)53/h5-10H,4,11-22H2,1-3H3,(H,44,50)(H,45,51)(H,52,53). The van der Waals surface area contributed by atoms with Crippen LogP contribution in [0.4, 0.5) is 11.4 Å². The van der Waals surface area contributed by atoms with E-state index in [-0.39, 0.29) is 17.2 Å². The Balaban J connectivity index is 0.969. The van der Waals surface area contributed by atoms with E-state index >= 15 is 0 Å². The number of benzene rings is 2. The van der Waals surface area contributed by atoms with Gasteiger partial charge in [-0.25, -0.2) is 9.97 Å². The first-order valence-electron chi connectivity index (χ1n) is 18.4. The van der Waals surface area contributed by atoms with E-state index in [9.17, 15) is 19.5 Å². The Hall–Kier alpha value is -4.23. The van der Waals surface area contributed by atoms with Gasteiger partial charge in [-0.2, -0.15) is 0 Å². The Bertz CT molecular complexity index is 2150. The number of hydrogen-bond acceptors (Lipinski definition) is 7. The maximum Gasteiger partial charge on any atom is 0.309 e. The SMILES string of the molecule is CCN1CCc2c(nc(C(=O)Nc3cccc(-c4cccc(NC(=O)c5nc6c(n5C)CCN(CC57CCC(C(=O)O)(CC5)C7)C6)c4Cl)c3Cl)n2C)C1. The molecule has 0 spiro atoms. The van der Waals surface area contributed by atoms with Crippen LogP contribution in [0.25, 0.3) is 11.1 Å². The third kappa shape index (κ3) is 6.23. The molecule has 2 aliphatic carbocycles. The van der Waals surface area contributed by atoms with Crippen molar-refractivity contribution in [3.05, 3.63) is 80.9 Å². The summed E-state index contributed by atoms with van der Waals surface area (Å²) in [6.45, 7) is 7.02. The second-order valence-corrected chi connectivity index (χ2v) is 16.1. The Kier molecular flexibility index (Phi) is 9.16. The molecule has 14 heteroatoms. The molecule has 2 aliphatic heterocycles. The summed E-state index contributed by atoms with van der Waals surface area (Å²) in [4.78, 5) is 53.3. The molecule has 4 heterocycles. The Morgan fingerprint density at radius 1 is 0.774 bits per heavy atom. The minimum Gasteiger partial charge on any atom is -0.481 e. The molecule has 0 radical (unpaired) electrons. The van der Waals surface area contributed by atoms with Crippen molar-refractivity contribution in [1.82, 2.24) is 28.9 Å². The molecular formula is C39H44Cl2N8O4. The van der Waals surface area contributed by atoms with Crippen molar-refractivity contribution < 1.29 is 19.5 Å². The zero-order valence-electron chi connectivity index (χ0n) is 30.3. The van der Waals surface area contributed by atoms with Crippen LogP contribution in [0, 0.1) is 10.8 Å². The third-order valence-electron chi connectivity index (χ3n) is 12.3. The summed E-state index contributed by atoms with van der Waals surface area (Å²) >= 11 is 13.9. The summed E-state index contributed by atoms with van der Waals surface area (Å²) in [6.07, 6.45) is 5.77. The lowest BCUT2D eigenvalue weighted by Crippen LogP contribution is -2.39. The number of carboxylic acid groups (broad SMARTS) is 1. The molecule has 2 bridgehead atoms. The largest absolute Gasteiger partial charge is 0.481 e. The van der Waals surface area contributed by atoms with Crippen molar-refractivity contribution in [3.8, 4) is 11.1 Å². The molecular weight excluding hydrogens is 715 g/mol. The van der Waals surface area contributed by atoms with E-state index in [0.717, 1.165) is 93.9 Å². The van der Waals surface area contributed by atoms with Crippen molar-refractivity contribution in [2.45, 2.75) is 65.0 Å². The van der Waals surface area contributed by atoms with Crippen LogP contribution in [-0.2, 0) is 44.8 Å². The van der Waals surface area contributed by atoms with Crippen LogP contribution in [0.15, 0.2) is 36.4 Å². The van der Waals surface area contributed by atoms with E-state index in [4.69, 9.17) is 28.2 Å². The molecule has 2 aromatic heterocycles. The van der Waals surface area contributed by atoms with Crippen LogP contribution < -0.4 is 10.6 Å². The highest BCUT2D eigenvalue weighted by Crippen LogP contribution is 2.62.